The summed E-state index contributed by atoms with van der Waals surface area (Å²) >= 11 is 1.96. The summed E-state index contributed by atoms with van der Waals surface area (Å²) in [6.07, 6.45) is 0. The van der Waals surface area contributed by atoms with Crippen molar-refractivity contribution in [2.24, 2.45) is 5.73 Å². The van der Waals surface area contributed by atoms with Crippen molar-refractivity contribution in [1.29, 1.82) is 0 Å². The smallest absolute Gasteiger partial charge is 0.127 e. The molecule has 1 aromatic carbocycles. The van der Waals surface area contributed by atoms with Crippen LogP contribution in [0.5, 0.6) is 11.5 Å². The van der Waals surface area contributed by atoms with E-state index in [4.69, 9.17) is 15.2 Å². The molecular formula is C14H22N2O2S. The van der Waals surface area contributed by atoms with Crippen LogP contribution in [0, 0.1) is 0 Å². The Bertz CT molecular complexity index is 428. The van der Waals surface area contributed by atoms with Gasteiger partial charge in [-0.2, -0.15) is 11.8 Å². The summed E-state index contributed by atoms with van der Waals surface area (Å²) in [5.41, 5.74) is 7.50. The molecule has 0 amide bonds. The number of nitrogens with zero attached hydrogens (tertiary/aromatic N) is 1. The van der Waals surface area contributed by atoms with Crippen LogP contribution in [0.2, 0.25) is 0 Å². The Labute approximate surface area is 119 Å². The fraction of sp³-hybridized carbons (Fsp3) is 0.571. The van der Waals surface area contributed by atoms with Crippen molar-refractivity contribution in [2.45, 2.75) is 12.1 Å². The van der Waals surface area contributed by atoms with Gasteiger partial charge < -0.3 is 15.2 Å². The lowest BCUT2D eigenvalue weighted by Gasteiger charge is -2.36. The Hall–Kier alpha value is -0.910. The molecule has 2 atom stereocenters. The zero-order chi connectivity index (χ0) is 13.8. The van der Waals surface area contributed by atoms with Crippen LogP contribution < -0.4 is 15.2 Å². The quantitative estimate of drug-likeness (QED) is 0.911. The fourth-order valence-electron chi connectivity index (χ4n) is 2.38. The first-order valence-electron chi connectivity index (χ1n) is 6.43. The molecule has 0 spiro atoms. The third-order valence-corrected chi connectivity index (χ3v) is 4.71. The molecule has 5 heteroatoms. The van der Waals surface area contributed by atoms with Gasteiger partial charge in [-0.15, -0.1) is 0 Å². The largest absolute Gasteiger partial charge is 0.497 e. The predicted molar refractivity (Wildman–Crippen MR) is 80.2 cm³/mol. The summed E-state index contributed by atoms with van der Waals surface area (Å²) in [4.78, 5) is 2.34. The molecule has 0 saturated carbocycles. The van der Waals surface area contributed by atoms with Gasteiger partial charge in [-0.1, -0.05) is 6.07 Å². The van der Waals surface area contributed by atoms with E-state index in [9.17, 15) is 0 Å². The van der Waals surface area contributed by atoms with E-state index < -0.39 is 0 Å². The minimum absolute atomic E-state index is 0.0429. The van der Waals surface area contributed by atoms with E-state index in [0.717, 1.165) is 29.4 Å². The second kappa shape index (κ2) is 6.50. The second-order valence-electron chi connectivity index (χ2n) is 4.76. The zero-order valence-corrected chi connectivity index (χ0v) is 12.6. The first-order valence-corrected chi connectivity index (χ1v) is 7.58. The number of thioether (sulfide) groups is 1. The molecule has 1 fully saturated rings. The van der Waals surface area contributed by atoms with Crippen LogP contribution in [-0.4, -0.2) is 50.3 Å². The Morgan fingerprint density at radius 3 is 2.79 bits per heavy atom. The topological polar surface area (TPSA) is 47.7 Å². The summed E-state index contributed by atoms with van der Waals surface area (Å²) in [6, 6.07) is 6.15. The van der Waals surface area contributed by atoms with Crippen molar-refractivity contribution in [2.75, 3.05) is 39.3 Å². The zero-order valence-electron chi connectivity index (χ0n) is 11.8. The Morgan fingerprint density at radius 1 is 1.37 bits per heavy atom. The SMILES string of the molecule is COc1ccc(C(N)C2CSCCN2C)c(OC)c1. The van der Waals surface area contributed by atoms with Crippen LogP contribution in [0.1, 0.15) is 11.6 Å². The van der Waals surface area contributed by atoms with E-state index in [1.165, 1.54) is 5.75 Å². The van der Waals surface area contributed by atoms with E-state index in [1.54, 1.807) is 14.2 Å². The molecule has 2 rings (SSSR count). The molecule has 1 aliphatic rings. The number of hydrogen-bond acceptors (Lipinski definition) is 5. The van der Waals surface area contributed by atoms with Gasteiger partial charge in [0.1, 0.15) is 11.5 Å². The van der Waals surface area contributed by atoms with Crippen molar-refractivity contribution in [3.63, 3.8) is 0 Å². The maximum atomic E-state index is 6.45. The summed E-state index contributed by atoms with van der Waals surface area (Å²) in [6.45, 7) is 1.08. The molecule has 2 N–H and O–H groups in total. The molecule has 4 nitrogen and oxygen atoms in total. The number of methoxy groups -OCH3 is 2. The molecule has 1 aromatic rings. The van der Waals surface area contributed by atoms with E-state index in [2.05, 4.69) is 11.9 Å². The Kier molecular flexibility index (Phi) is 4.96. The average molecular weight is 282 g/mol. The average Bonchev–Trinajstić information content (AvgIpc) is 2.46. The molecule has 1 aliphatic heterocycles. The lowest BCUT2D eigenvalue weighted by molar-refractivity contribution is 0.235. The van der Waals surface area contributed by atoms with Gasteiger partial charge in [0.2, 0.25) is 0 Å². The molecule has 1 heterocycles. The van der Waals surface area contributed by atoms with Gasteiger partial charge in [0.15, 0.2) is 0 Å². The van der Waals surface area contributed by atoms with Gasteiger partial charge in [-0.25, -0.2) is 0 Å². The fourth-order valence-corrected chi connectivity index (χ4v) is 3.67. The molecule has 0 aliphatic carbocycles. The molecule has 0 bridgehead atoms. The highest BCUT2D eigenvalue weighted by Crippen LogP contribution is 2.33. The molecule has 19 heavy (non-hydrogen) atoms. The van der Waals surface area contributed by atoms with Gasteiger partial charge in [0.05, 0.1) is 14.2 Å². The number of hydrogen-bond donors (Lipinski definition) is 1. The van der Waals surface area contributed by atoms with E-state index >= 15 is 0 Å². The lowest BCUT2D eigenvalue weighted by atomic mass is 9.99. The van der Waals surface area contributed by atoms with Crippen LogP contribution >= 0.6 is 11.8 Å². The standard InChI is InChI=1S/C14H22N2O2S/c1-16-6-7-19-9-12(16)14(15)11-5-4-10(17-2)8-13(11)18-3/h4-5,8,12,14H,6-7,9,15H2,1-3H3. The van der Waals surface area contributed by atoms with E-state index in [-0.39, 0.29) is 6.04 Å². The lowest BCUT2D eigenvalue weighted by Crippen LogP contribution is -2.46. The van der Waals surface area contributed by atoms with Gasteiger partial charge in [0.25, 0.3) is 0 Å². The van der Waals surface area contributed by atoms with Crippen LogP contribution in [0.15, 0.2) is 18.2 Å². The molecule has 0 radical (unpaired) electrons. The summed E-state index contributed by atoms with van der Waals surface area (Å²) in [5.74, 6) is 3.83. The predicted octanol–water partition coefficient (Wildman–Crippen LogP) is 1.75. The van der Waals surface area contributed by atoms with Gasteiger partial charge in [0, 0.05) is 41.8 Å². The van der Waals surface area contributed by atoms with Crippen molar-refractivity contribution < 1.29 is 9.47 Å². The number of benzene rings is 1. The maximum Gasteiger partial charge on any atom is 0.127 e. The van der Waals surface area contributed by atoms with Crippen molar-refractivity contribution >= 4 is 11.8 Å². The minimum Gasteiger partial charge on any atom is -0.497 e. The van der Waals surface area contributed by atoms with E-state index in [1.807, 2.05) is 30.0 Å². The van der Waals surface area contributed by atoms with E-state index in [0.29, 0.717) is 6.04 Å². The van der Waals surface area contributed by atoms with Crippen LogP contribution in [0.4, 0.5) is 0 Å². The van der Waals surface area contributed by atoms with Crippen molar-refractivity contribution in [3.8, 4) is 11.5 Å². The molecule has 0 aromatic heterocycles. The first-order chi connectivity index (χ1) is 9.17. The summed E-state index contributed by atoms with van der Waals surface area (Å²) in [5, 5.41) is 0. The Morgan fingerprint density at radius 2 is 2.16 bits per heavy atom. The van der Waals surface area contributed by atoms with Crippen LogP contribution in [0.25, 0.3) is 0 Å². The molecule has 2 unspecified atom stereocenters. The number of nitrogens with two attached hydrogens (primary N) is 1. The molecule has 106 valence electrons. The normalized spacial score (nSPS) is 22.0. The Balaban J connectivity index is 2.24. The van der Waals surface area contributed by atoms with Crippen LogP contribution in [-0.2, 0) is 0 Å². The highest BCUT2D eigenvalue weighted by atomic mass is 32.2. The number of ether oxygens (including phenoxy) is 2. The third kappa shape index (κ3) is 3.16. The molecule has 1 saturated heterocycles. The minimum atomic E-state index is -0.0429. The number of rotatable bonds is 4. The summed E-state index contributed by atoms with van der Waals surface area (Å²) < 4.78 is 10.7. The first kappa shape index (κ1) is 14.5. The monoisotopic (exact) mass is 282 g/mol. The van der Waals surface area contributed by atoms with Gasteiger partial charge in [-0.3, -0.25) is 4.90 Å². The third-order valence-electron chi connectivity index (χ3n) is 3.66. The highest BCUT2D eigenvalue weighted by Gasteiger charge is 2.28. The van der Waals surface area contributed by atoms with Crippen LogP contribution in [0.3, 0.4) is 0 Å². The maximum absolute atomic E-state index is 6.45. The second-order valence-corrected chi connectivity index (χ2v) is 5.91. The molecular weight excluding hydrogens is 260 g/mol. The summed E-state index contributed by atoms with van der Waals surface area (Å²) in [7, 11) is 5.46. The van der Waals surface area contributed by atoms with Crippen molar-refractivity contribution in [3.05, 3.63) is 23.8 Å². The van der Waals surface area contributed by atoms with Gasteiger partial charge in [-0.05, 0) is 13.1 Å². The van der Waals surface area contributed by atoms with Gasteiger partial charge >= 0.3 is 0 Å². The van der Waals surface area contributed by atoms with Crippen molar-refractivity contribution in [1.82, 2.24) is 4.90 Å². The highest BCUT2D eigenvalue weighted by molar-refractivity contribution is 7.99. The number of likely N-dealkylation sites (N-methyl/N-ethyl adjacent to an activating group) is 1.